The molecule has 0 spiro atoms. The van der Waals surface area contributed by atoms with Crippen molar-refractivity contribution in [1.82, 2.24) is 9.97 Å². The van der Waals surface area contributed by atoms with Crippen molar-refractivity contribution in [1.29, 1.82) is 0 Å². The number of hydrogen-bond donors (Lipinski definition) is 2. The third kappa shape index (κ3) is 2.96. The van der Waals surface area contributed by atoms with Gasteiger partial charge in [0.25, 0.3) is 0 Å². The fourth-order valence-electron chi connectivity index (χ4n) is 1.06. The van der Waals surface area contributed by atoms with Crippen LogP contribution in [0.1, 0.15) is 24.7 Å². The molecule has 0 saturated heterocycles. The maximum atomic E-state index is 9.37. The lowest BCUT2D eigenvalue weighted by atomic mass is 10.3. The molecule has 1 atom stereocenters. The molecule has 14 heavy (non-hydrogen) atoms. The van der Waals surface area contributed by atoms with Crippen LogP contribution in [0.25, 0.3) is 0 Å². The lowest BCUT2D eigenvalue weighted by molar-refractivity contribution is 0.183. The normalized spacial score (nSPS) is 12.6. The minimum absolute atomic E-state index is 0.322. The van der Waals surface area contributed by atoms with Crippen LogP contribution in [0, 0.1) is 13.8 Å². The molecule has 0 aliphatic rings. The Morgan fingerprint density at radius 1 is 1.50 bits per heavy atom. The summed E-state index contributed by atoms with van der Waals surface area (Å²) in [4.78, 5) is 8.47. The number of aromatic nitrogens is 2. The number of anilines is 1. The van der Waals surface area contributed by atoms with Crippen molar-refractivity contribution in [3.8, 4) is 0 Å². The van der Waals surface area contributed by atoms with Crippen molar-refractivity contribution in [3.63, 3.8) is 0 Å². The second-order valence-corrected chi connectivity index (χ2v) is 3.39. The Morgan fingerprint density at radius 3 is 2.86 bits per heavy atom. The van der Waals surface area contributed by atoms with E-state index in [1.807, 2.05) is 20.8 Å². The molecule has 0 aliphatic carbocycles. The van der Waals surface area contributed by atoms with Crippen molar-refractivity contribution < 1.29 is 5.11 Å². The Hall–Kier alpha value is -1.16. The monoisotopic (exact) mass is 195 g/mol. The molecule has 1 aromatic rings. The third-order valence-corrected chi connectivity index (χ3v) is 2.05. The van der Waals surface area contributed by atoms with Gasteiger partial charge >= 0.3 is 0 Å². The molecule has 2 N–H and O–H groups in total. The summed E-state index contributed by atoms with van der Waals surface area (Å²) in [5.41, 5.74) is 1.74. The van der Waals surface area contributed by atoms with Gasteiger partial charge in [-0.3, -0.25) is 4.98 Å². The topological polar surface area (TPSA) is 58.0 Å². The molecular weight excluding hydrogens is 178 g/mol. The molecule has 0 radical (unpaired) electrons. The van der Waals surface area contributed by atoms with Gasteiger partial charge in [-0.15, -0.1) is 0 Å². The first-order valence-electron chi connectivity index (χ1n) is 4.85. The highest BCUT2D eigenvalue weighted by Gasteiger charge is 2.04. The Balaban J connectivity index is 2.62. The molecular formula is C10H17N3O. The summed E-state index contributed by atoms with van der Waals surface area (Å²) in [6.45, 7) is 6.26. The van der Waals surface area contributed by atoms with Gasteiger partial charge in [0.05, 0.1) is 17.5 Å². The van der Waals surface area contributed by atoms with Gasteiger partial charge in [-0.05, 0) is 20.3 Å². The minimum Gasteiger partial charge on any atom is -0.391 e. The summed E-state index contributed by atoms with van der Waals surface area (Å²) in [5, 5.41) is 12.4. The van der Waals surface area contributed by atoms with Gasteiger partial charge < -0.3 is 10.4 Å². The molecule has 0 unspecified atom stereocenters. The van der Waals surface area contributed by atoms with Crippen molar-refractivity contribution >= 4 is 5.82 Å². The zero-order valence-corrected chi connectivity index (χ0v) is 8.91. The smallest absolute Gasteiger partial charge is 0.147 e. The van der Waals surface area contributed by atoms with Crippen molar-refractivity contribution in [2.45, 2.75) is 33.3 Å². The number of hydrogen-bond acceptors (Lipinski definition) is 4. The SMILES string of the molecule is CC[C@H](O)CNc1nc(C)cnc1C. The van der Waals surface area contributed by atoms with E-state index in [0.29, 0.717) is 6.54 Å². The quantitative estimate of drug-likeness (QED) is 0.759. The van der Waals surface area contributed by atoms with Gasteiger partial charge in [-0.25, -0.2) is 4.98 Å². The minimum atomic E-state index is -0.322. The summed E-state index contributed by atoms with van der Waals surface area (Å²) in [6.07, 6.45) is 2.15. The van der Waals surface area contributed by atoms with E-state index in [9.17, 15) is 5.11 Å². The molecule has 78 valence electrons. The van der Waals surface area contributed by atoms with E-state index >= 15 is 0 Å². The molecule has 4 nitrogen and oxygen atoms in total. The maximum absolute atomic E-state index is 9.37. The van der Waals surface area contributed by atoms with Crippen LogP contribution in [0.2, 0.25) is 0 Å². The lowest BCUT2D eigenvalue weighted by Crippen LogP contribution is -2.19. The van der Waals surface area contributed by atoms with E-state index in [1.54, 1.807) is 6.20 Å². The van der Waals surface area contributed by atoms with Crippen molar-refractivity contribution in [3.05, 3.63) is 17.6 Å². The molecule has 0 bridgehead atoms. The predicted molar refractivity (Wildman–Crippen MR) is 56.3 cm³/mol. The van der Waals surface area contributed by atoms with E-state index < -0.39 is 0 Å². The highest BCUT2D eigenvalue weighted by Crippen LogP contribution is 2.08. The summed E-state index contributed by atoms with van der Waals surface area (Å²) < 4.78 is 0. The lowest BCUT2D eigenvalue weighted by Gasteiger charge is -2.11. The zero-order valence-electron chi connectivity index (χ0n) is 8.91. The Bertz CT molecular complexity index is 301. The summed E-state index contributed by atoms with van der Waals surface area (Å²) in [6, 6.07) is 0. The fraction of sp³-hybridized carbons (Fsp3) is 0.600. The average Bonchev–Trinajstić information content (AvgIpc) is 2.19. The first kappa shape index (κ1) is 10.9. The Kier molecular flexibility index (Phi) is 3.83. The highest BCUT2D eigenvalue weighted by atomic mass is 16.3. The highest BCUT2D eigenvalue weighted by molar-refractivity contribution is 5.39. The fourth-order valence-corrected chi connectivity index (χ4v) is 1.06. The van der Waals surface area contributed by atoms with E-state index in [1.165, 1.54) is 0 Å². The molecule has 0 fully saturated rings. The average molecular weight is 195 g/mol. The zero-order chi connectivity index (χ0) is 10.6. The van der Waals surface area contributed by atoms with Crippen LogP contribution in [0.4, 0.5) is 5.82 Å². The van der Waals surface area contributed by atoms with E-state index in [-0.39, 0.29) is 6.10 Å². The van der Waals surface area contributed by atoms with Gasteiger partial charge in [0.15, 0.2) is 0 Å². The number of aliphatic hydroxyl groups excluding tert-OH is 1. The van der Waals surface area contributed by atoms with Crippen LogP contribution >= 0.6 is 0 Å². The number of aliphatic hydroxyl groups is 1. The second kappa shape index (κ2) is 4.91. The molecule has 0 aromatic carbocycles. The number of rotatable bonds is 4. The first-order valence-corrected chi connectivity index (χ1v) is 4.85. The van der Waals surface area contributed by atoms with E-state index in [2.05, 4.69) is 15.3 Å². The van der Waals surface area contributed by atoms with Gasteiger partial charge in [0.1, 0.15) is 5.82 Å². The number of aryl methyl sites for hydroxylation is 2. The van der Waals surface area contributed by atoms with Gasteiger partial charge in [0.2, 0.25) is 0 Å². The first-order chi connectivity index (χ1) is 6.63. The molecule has 4 heteroatoms. The van der Waals surface area contributed by atoms with Crippen LogP contribution in [-0.4, -0.2) is 27.7 Å². The largest absolute Gasteiger partial charge is 0.391 e. The standard InChI is InChI=1S/C10H17N3O/c1-4-9(14)6-12-10-8(3)11-5-7(2)13-10/h5,9,14H,4,6H2,1-3H3,(H,12,13)/t9-/m0/s1. The number of nitrogens with zero attached hydrogens (tertiary/aromatic N) is 2. The summed E-state index contributed by atoms with van der Waals surface area (Å²) >= 11 is 0. The van der Waals surface area contributed by atoms with Crippen molar-refractivity contribution in [2.24, 2.45) is 0 Å². The summed E-state index contributed by atoms with van der Waals surface area (Å²) in [7, 11) is 0. The van der Waals surface area contributed by atoms with Crippen LogP contribution in [0.5, 0.6) is 0 Å². The molecule has 1 aromatic heterocycles. The molecule has 0 aliphatic heterocycles. The molecule has 0 saturated carbocycles. The van der Waals surface area contributed by atoms with Crippen LogP contribution in [0.3, 0.4) is 0 Å². The number of nitrogens with one attached hydrogen (secondary N) is 1. The third-order valence-electron chi connectivity index (χ3n) is 2.05. The van der Waals surface area contributed by atoms with Gasteiger partial charge in [0, 0.05) is 12.7 Å². The van der Waals surface area contributed by atoms with Crippen LogP contribution in [-0.2, 0) is 0 Å². The predicted octanol–water partition coefficient (Wildman–Crippen LogP) is 1.28. The van der Waals surface area contributed by atoms with Crippen molar-refractivity contribution in [2.75, 3.05) is 11.9 Å². The van der Waals surface area contributed by atoms with Crippen LogP contribution < -0.4 is 5.32 Å². The Labute approximate surface area is 84.4 Å². The molecule has 1 rings (SSSR count). The van der Waals surface area contributed by atoms with Crippen LogP contribution in [0.15, 0.2) is 6.20 Å². The van der Waals surface area contributed by atoms with Gasteiger partial charge in [-0.2, -0.15) is 0 Å². The Morgan fingerprint density at radius 2 is 2.21 bits per heavy atom. The molecule has 0 amide bonds. The van der Waals surface area contributed by atoms with E-state index in [0.717, 1.165) is 23.6 Å². The maximum Gasteiger partial charge on any atom is 0.147 e. The van der Waals surface area contributed by atoms with Gasteiger partial charge in [-0.1, -0.05) is 6.92 Å². The van der Waals surface area contributed by atoms with E-state index in [4.69, 9.17) is 0 Å². The summed E-state index contributed by atoms with van der Waals surface area (Å²) in [5.74, 6) is 0.762. The second-order valence-electron chi connectivity index (χ2n) is 3.39. The molecule has 1 heterocycles.